The summed E-state index contributed by atoms with van der Waals surface area (Å²) in [5, 5.41) is 9.54. The van der Waals surface area contributed by atoms with Gasteiger partial charge in [-0.3, -0.25) is 0 Å². The van der Waals surface area contributed by atoms with E-state index in [4.69, 9.17) is 11.6 Å². The average molecular weight is 239 g/mol. The Hall–Kier alpha value is -0.740. The molecule has 0 fully saturated rings. The van der Waals surface area contributed by atoms with Crippen molar-refractivity contribution in [2.45, 2.75) is 25.6 Å². The van der Waals surface area contributed by atoms with E-state index < -0.39 is 17.3 Å². The summed E-state index contributed by atoms with van der Waals surface area (Å²) in [5.41, 5.74) is -2.81. The highest BCUT2D eigenvalue weighted by molar-refractivity contribution is 6.31. The van der Waals surface area contributed by atoms with Crippen LogP contribution in [0.25, 0.3) is 0 Å². The molecule has 0 saturated heterocycles. The molecule has 0 aliphatic carbocycles. The van der Waals surface area contributed by atoms with Crippen LogP contribution in [0, 0.1) is 0 Å². The second-order valence-corrected chi connectivity index (χ2v) is 4.13. The summed E-state index contributed by atoms with van der Waals surface area (Å²) < 4.78 is 37.8. The van der Waals surface area contributed by atoms with Gasteiger partial charge in [-0.05, 0) is 26.0 Å². The summed E-state index contributed by atoms with van der Waals surface area (Å²) in [4.78, 5) is 0. The second-order valence-electron chi connectivity index (χ2n) is 3.72. The smallest absolute Gasteiger partial charge is 0.386 e. The number of hydrogen-bond donors (Lipinski definition) is 1. The Balaban J connectivity index is 3.48. The first kappa shape index (κ1) is 12.3. The third kappa shape index (κ3) is 2.63. The summed E-state index contributed by atoms with van der Waals surface area (Å²) in [5.74, 6) is 0. The van der Waals surface area contributed by atoms with E-state index in [0.29, 0.717) is 0 Å². The van der Waals surface area contributed by atoms with Gasteiger partial charge in [-0.15, -0.1) is 0 Å². The molecule has 1 aromatic carbocycles. The van der Waals surface area contributed by atoms with Crippen LogP contribution in [0.15, 0.2) is 18.2 Å². The molecule has 0 saturated carbocycles. The van der Waals surface area contributed by atoms with Crippen molar-refractivity contribution < 1.29 is 18.3 Å². The predicted molar refractivity (Wildman–Crippen MR) is 51.7 cm³/mol. The lowest BCUT2D eigenvalue weighted by Gasteiger charge is -2.24. The van der Waals surface area contributed by atoms with E-state index in [0.717, 1.165) is 6.07 Å². The largest absolute Gasteiger partial charge is 0.416 e. The van der Waals surface area contributed by atoms with Crippen LogP contribution in [0.5, 0.6) is 0 Å². The molecule has 1 N–H and O–H groups in total. The van der Waals surface area contributed by atoms with Crippen LogP contribution >= 0.6 is 11.6 Å². The second kappa shape index (κ2) is 3.68. The Morgan fingerprint density at radius 2 is 1.73 bits per heavy atom. The summed E-state index contributed by atoms with van der Waals surface area (Å²) in [7, 11) is 0. The van der Waals surface area contributed by atoms with Gasteiger partial charge in [-0.1, -0.05) is 17.7 Å². The zero-order valence-corrected chi connectivity index (χ0v) is 8.95. The third-order valence-corrected chi connectivity index (χ3v) is 2.25. The molecule has 1 rings (SSSR count). The van der Waals surface area contributed by atoms with Crippen molar-refractivity contribution in [1.29, 1.82) is 0 Å². The fourth-order valence-corrected chi connectivity index (χ4v) is 1.79. The predicted octanol–water partition coefficient (Wildman–Crippen LogP) is 3.59. The Kier molecular flexibility index (Phi) is 3.03. The molecule has 0 aromatic heterocycles. The van der Waals surface area contributed by atoms with Gasteiger partial charge in [0.05, 0.1) is 11.2 Å². The lowest BCUT2D eigenvalue weighted by atomic mass is 9.93. The molecular formula is C10H10ClF3O. The lowest BCUT2D eigenvalue weighted by Crippen LogP contribution is -2.22. The number of alkyl halides is 3. The van der Waals surface area contributed by atoms with Crippen molar-refractivity contribution >= 4 is 11.6 Å². The van der Waals surface area contributed by atoms with E-state index in [9.17, 15) is 18.3 Å². The molecule has 1 nitrogen and oxygen atoms in total. The maximum Gasteiger partial charge on any atom is 0.416 e. The average Bonchev–Trinajstić information content (AvgIpc) is 1.99. The zero-order valence-electron chi connectivity index (χ0n) is 8.19. The van der Waals surface area contributed by atoms with Crippen LogP contribution in [0.1, 0.15) is 25.0 Å². The van der Waals surface area contributed by atoms with Crippen LogP contribution in [-0.2, 0) is 11.8 Å². The van der Waals surface area contributed by atoms with Gasteiger partial charge < -0.3 is 5.11 Å². The van der Waals surface area contributed by atoms with Gasteiger partial charge in [-0.25, -0.2) is 0 Å². The standard InChI is InChI=1S/C10H10ClF3O/c1-9(2,15)8-6(10(12,13)14)4-3-5-7(8)11/h3-5,15H,1-2H3. The van der Waals surface area contributed by atoms with E-state index in [-0.39, 0.29) is 10.6 Å². The number of hydrogen-bond acceptors (Lipinski definition) is 1. The van der Waals surface area contributed by atoms with Crippen molar-refractivity contribution in [3.63, 3.8) is 0 Å². The maximum absolute atomic E-state index is 12.6. The van der Waals surface area contributed by atoms with E-state index in [1.54, 1.807) is 0 Å². The van der Waals surface area contributed by atoms with E-state index in [2.05, 4.69) is 0 Å². The van der Waals surface area contributed by atoms with Crippen molar-refractivity contribution in [2.24, 2.45) is 0 Å². The minimum Gasteiger partial charge on any atom is -0.386 e. The van der Waals surface area contributed by atoms with Gasteiger partial charge in [0, 0.05) is 10.6 Å². The van der Waals surface area contributed by atoms with Crippen LogP contribution in [0.4, 0.5) is 13.2 Å². The Labute approximate surface area is 90.5 Å². The van der Waals surface area contributed by atoms with Crippen LogP contribution in [-0.4, -0.2) is 5.11 Å². The summed E-state index contributed by atoms with van der Waals surface area (Å²) in [6.45, 7) is 2.53. The summed E-state index contributed by atoms with van der Waals surface area (Å²) in [6, 6.07) is 3.43. The zero-order chi connectivity index (χ0) is 11.9. The van der Waals surface area contributed by atoms with E-state index >= 15 is 0 Å². The molecule has 1 aromatic rings. The molecule has 0 aliphatic heterocycles. The maximum atomic E-state index is 12.6. The van der Waals surface area contributed by atoms with Crippen molar-refractivity contribution in [1.82, 2.24) is 0 Å². The van der Waals surface area contributed by atoms with Gasteiger partial charge in [0.2, 0.25) is 0 Å². The Bertz CT molecular complexity index is 366. The summed E-state index contributed by atoms with van der Waals surface area (Å²) in [6.07, 6.45) is -4.51. The molecule has 84 valence electrons. The van der Waals surface area contributed by atoms with Gasteiger partial charge in [0.1, 0.15) is 0 Å². The number of benzene rings is 1. The SMILES string of the molecule is CC(C)(O)c1c(Cl)cccc1C(F)(F)F. The minimum absolute atomic E-state index is 0.0858. The minimum atomic E-state index is -4.51. The summed E-state index contributed by atoms with van der Waals surface area (Å²) >= 11 is 5.66. The van der Waals surface area contributed by atoms with Crippen LogP contribution in [0.3, 0.4) is 0 Å². The first-order valence-corrected chi connectivity index (χ1v) is 4.60. The molecule has 5 heteroatoms. The fourth-order valence-electron chi connectivity index (χ4n) is 1.38. The van der Waals surface area contributed by atoms with Crippen LogP contribution in [0.2, 0.25) is 5.02 Å². The number of halogens is 4. The third-order valence-electron chi connectivity index (χ3n) is 1.93. The molecule has 0 aliphatic rings. The van der Waals surface area contributed by atoms with Gasteiger partial charge >= 0.3 is 6.18 Å². The Morgan fingerprint density at radius 1 is 1.20 bits per heavy atom. The molecule has 0 heterocycles. The first-order chi connectivity index (χ1) is 6.64. The van der Waals surface area contributed by atoms with Crippen molar-refractivity contribution in [3.8, 4) is 0 Å². The van der Waals surface area contributed by atoms with Gasteiger partial charge in [-0.2, -0.15) is 13.2 Å². The molecule has 15 heavy (non-hydrogen) atoms. The van der Waals surface area contributed by atoms with Crippen molar-refractivity contribution in [2.75, 3.05) is 0 Å². The highest BCUT2D eigenvalue weighted by Gasteiger charge is 2.38. The van der Waals surface area contributed by atoms with Gasteiger partial charge in [0.15, 0.2) is 0 Å². The Morgan fingerprint density at radius 3 is 2.07 bits per heavy atom. The molecule has 0 bridgehead atoms. The van der Waals surface area contributed by atoms with Crippen LogP contribution < -0.4 is 0 Å². The lowest BCUT2D eigenvalue weighted by molar-refractivity contribution is -0.140. The fraction of sp³-hybridized carbons (Fsp3) is 0.400. The molecule has 0 radical (unpaired) electrons. The van der Waals surface area contributed by atoms with Gasteiger partial charge in [0.25, 0.3) is 0 Å². The molecular weight excluding hydrogens is 229 g/mol. The molecule has 0 amide bonds. The topological polar surface area (TPSA) is 20.2 Å². The quantitative estimate of drug-likeness (QED) is 0.793. The van der Waals surface area contributed by atoms with Crippen molar-refractivity contribution in [3.05, 3.63) is 34.3 Å². The van der Waals surface area contributed by atoms with E-state index in [1.165, 1.54) is 26.0 Å². The highest BCUT2D eigenvalue weighted by Crippen LogP contribution is 2.39. The van der Waals surface area contributed by atoms with E-state index in [1.807, 2.05) is 0 Å². The number of aliphatic hydroxyl groups is 1. The molecule has 0 unspecified atom stereocenters. The molecule has 0 atom stereocenters. The monoisotopic (exact) mass is 238 g/mol. The normalized spacial score (nSPS) is 13.0. The number of rotatable bonds is 1. The highest BCUT2D eigenvalue weighted by atomic mass is 35.5. The first-order valence-electron chi connectivity index (χ1n) is 4.22. The molecule has 0 spiro atoms.